The highest BCUT2D eigenvalue weighted by atomic mass is 16.4. The van der Waals surface area contributed by atoms with Gasteiger partial charge in [0.15, 0.2) is 6.10 Å². The Kier molecular flexibility index (Phi) is 5.79. The first-order valence-electron chi connectivity index (χ1n) is 7.06. The molecule has 0 radical (unpaired) electrons. The van der Waals surface area contributed by atoms with Gasteiger partial charge in [-0.25, -0.2) is 4.79 Å². The number of amides is 1. The van der Waals surface area contributed by atoms with Crippen LogP contribution in [0.25, 0.3) is 0 Å². The van der Waals surface area contributed by atoms with Crippen LogP contribution in [-0.4, -0.2) is 34.7 Å². The van der Waals surface area contributed by atoms with Crippen LogP contribution < -0.4 is 5.32 Å². The normalized spacial score (nSPS) is 19.4. The lowest BCUT2D eigenvalue weighted by Crippen LogP contribution is -2.41. The number of aliphatic hydroxyl groups excluding tert-OH is 1. The molecule has 1 aliphatic carbocycles. The molecule has 0 aliphatic heterocycles. The fourth-order valence-corrected chi connectivity index (χ4v) is 2.99. The lowest BCUT2D eigenvalue weighted by molar-refractivity contribution is -0.147. The SMILES string of the molecule is CC(C)CC1(C(=O)NCC[C@H](O)C(=O)O)CCCC1. The minimum Gasteiger partial charge on any atom is -0.479 e. The van der Waals surface area contributed by atoms with E-state index in [0.29, 0.717) is 5.92 Å². The Hall–Kier alpha value is -1.10. The summed E-state index contributed by atoms with van der Waals surface area (Å²) in [4.78, 5) is 22.8. The van der Waals surface area contributed by atoms with Crippen molar-refractivity contribution >= 4 is 11.9 Å². The Morgan fingerprint density at radius 3 is 2.32 bits per heavy atom. The van der Waals surface area contributed by atoms with Crippen molar-refractivity contribution in [2.75, 3.05) is 6.54 Å². The molecule has 1 atom stereocenters. The van der Waals surface area contributed by atoms with E-state index in [1.807, 2.05) is 0 Å². The van der Waals surface area contributed by atoms with E-state index < -0.39 is 12.1 Å². The number of rotatable bonds is 7. The summed E-state index contributed by atoms with van der Waals surface area (Å²) in [6.07, 6.45) is 3.52. The molecule has 110 valence electrons. The number of aliphatic hydroxyl groups is 1. The van der Waals surface area contributed by atoms with Crippen LogP contribution in [-0.2, 0) is 9.59 Å². The van der Waals surface area contributed by atoms with Gasteiger partial charge < -0.3 is 15.5 Å². The Balaban J connectivity index is 2.47. The highest BCUT2D eigenvalue weighted by Gasteiger charge is 2.41. The molecular weight excluding hydrogens is 246 g/mol. The van der Waals surface area contributed by atoms with Crippen molar-refractivity contribution in [2.24, 2.45) is 11.3 Å². The molecule has 1 saturated carbocycles. The molecule has 1 amide bonds. The zero-order valence-electron chi connectivity index (χ0n) is 11.8. The first kappa shape index (κ1) is 16.0. The molecule has 0 aromatic heterocycles. The van der Waals surface area contributed by atoms with E-state index >= 15 is 0 Å². The molecule has 0 unspecified atom stereocenters. The van der Waals surface area contributed by atoms with Crippen LogP contribution in [0.5, 0.6) is 0 Å². The smallest absolute Gasteiger partial charge is 0.332 e. The van der Waals surface area contributed by atoms with Crippen molar-refractivity contribution in [1.82, 2.24) is 5.32 Å². The van der Waals surface area contributed by atoms with Crippen molar-refractivity contribution in [1.29, 1.82) is 0 Å². The maximum atomic E-state index is 12.3. The monoisotopic (exact) mass is 271 g/mol. The summed E-state index contributed by atoms with van der Waals surface area (Å²) in [6.45, 7) is 4.44. The summed E-state index contributed by atoms with van der Waals surface area (Å²) in [6, 6.07) is 0. The second-order valence-corrected chi connectivity index (χ2v) is 5.98. The van der Waals surface area contributed by atoms with Gasteiger partial charge in [-0.3, -0.25) is 4.79 Å². The fourth-order valence-electron chi connectivity index (χ4n) is 2.99. The van der Waals surface area contributed by atoms with E-state index in [0.717, 1.165) is 32.1 Å². The molecule has 0 saturated heterocycles. The molecule has 0 heterocycles. The predicted octanol–water partition coefficient (Wildman–Crippen LogP) is 1.54. The van der Waals surface area contributed by atoms with Crippen LogP contribution in [0.1, 0.15) is 52.4 Å². The molecule has 5 nitrogen and oxygen atoms in total. The maximum Gasteiger partial charge on any atom is 0.332 e. The average Bonchev–Trinajstić information content (AvgIpc) is 2.77. The van der Waals surface area contributed by atoms with Gasteiger partial charge in [-0.05, 0) is 25.2 Å². The molecular formula is C14H25NO4. The predicted molar refractivity (Wildman–Crippen MR) is 71.6 cm³/mol. The van der Waals surface area contributed by atoms with Gasteiger partial charge in [0.25, 0.3) is 0 Å². The standard InChI is InChI=1S/C14H25NO4/c1-10(2)9-14(6-3-4-7-14)13(19)15-8-5-11(16)12(17)18/h10-11,16H,3-9H2,1-2H3,(H,15,19)(H,17,18)/t11-/m0/s1. The average molecular weight is 271 g/mol. The Morgan fingerprint density at radius 2 is 1.84 bits per heavy atom. The van der Waals surface area contributed by atoms with Crippen molar-refractivity contribution in [3.63, 3.8) is 0 Å². The number of carboxylic acid groups (broad SMARTS) is 1. The van der Waals surface area contributed by atoms with Crippen molar-refractivity contribution < 1.29 is 19.8 Å². The third-order valence-corrected chi connectivity index (χ3v) is 3.83. The van der Waals surface area contributed by atoms with Crippen LogP contribution in [0.2, 0.25) is 0 Å². The number of hydrogen-bond acceptors (Lipinski definition) is 3. The quantitative estimate of drug-likeness (QED) is 0.655. The van der Waals surface area contributed by atoms with Gasteiger partial charge in [-0.2, -0.15) is 0 Å². The number of carboxylic acids is 1. The zero-order valence-corrected chi connectivity index (χ0v) is 11.8. The maximum absolute atomic E-state index is 12.3. The second-order valence-electron chi connectivity index (χ2n) is 5.98. The second kappa shape index (κ2) is 6.89. The summed E-state index contributed by atoms with van der Waals surface area (Å²) >= 11 is 0. The van der Waals surface area contributed by atoms with Crippen molar-refractivity contribution in [3.05, 3.63) is 0 Å². The Bertz CT molecular complexity index is 321. The fraction of sp³-hybridized carbons (Fsp3) is 0.857. The third kappa shape index (κ3) is 4.49. The van der Waals surface area contributed by atoms with Crippen LogP contribution in [0.4, 0.5) is 0 Å². The largest absolute Gasteiger partial charge is 0.479 e. The molecule has 1 rings (SSSR count). The van der Waals surface area contributed by atoms with E-state index in [1.54, 1.807) is 0 Å². The topological polar surface area (TPSA) is 86.6 Å². The van der Waals surface area contributed by atoms with Gasteiger partial charge in [-0.15, -0.1) is 0 Å². The van der Waals surface area contributed by atoms with Crippen LogP contribution in [0.15, 0.2) is 0 Å². The van der Waals surface area contributed by atoms with Gasteiger partial charge in [-0.1, -0.05) is 26.7 Å². The number of carbonyl (C=O) groups is 2. The van der Waals surface area contributed by atoms with E-state index in [9.17, 15) is 9.59 Å². The summed E-state index contributed by atoms with van der Waals surface area (Å²) in [7, 11) is 0. The van der Waals surface area contributed by atoms with Gasteiger partial charge >= 0.3 is 5.97 Å². The Labute approximate surface area is 114 Å². The highest BCUT2D eigenvalue weighted by Crippen LogP contribution is 2.43. The molecule has 3 N–H and O–H groups in total. The summed E-state index contributed by atoms with van der Waals surface area (Å²) in [5.74, 6) is -0.753. The third-order valence-electron chi connectivity index (χ3n) is 3.83. The van der Waals surface area contributed by atoms with Gasteiger partial charge in [0, 0.05) is 18.4 Å². The molecule has 1 fully saturated rings. The first-order chi connectivity index (χ1) is 8.87. The van der Waals surface area contributed by atoms with Gasteiger partial charge in [0.2, 0.25) is 5.91 Å². The lowest BCUT2D eigenvalue weighted by atomic mass is 9.77. The molecule has 1 aliphatic rings. The van der Waals surface area contributed by atoms with Gasteiger partial charge in [0.05, 0.1) is 0 Å². The summed E-state index contributed by atoms with van der Waals surface area (Å²) in [5.41, 5.74) is -0.275. The Morgan fingerprint density at radius 1 is 1.26 bits per heavy atom. The minimum absolute atomic E-state index is 0.0243. The molecule has 0 aromatic carbocycles. The summed E-state index contributed by atoms with van der Waals surface area (Å²) in [5, 5.41) is 20.5. The van der Waals surface area contributed by atoms with E-state index in [-0.39, 0.29) is 24.3 Å². The zero-order chi connectivity index (χ0) is 14.5. The van der Waals surface area contributed by atoms with Crippen LogP contribution >= 0.6 is 0 Å². The molecule has 0 aromatic rings. The molecule has 0 spiro atoms. The van der Waals surface area contributed by atoms with E-state index in [2.05, 4.69) is 19.2 Å². The van der Waals surface area contributed by atoms with Crippen molar-refractivity contribution in [2.45, 2.75) is 58.5 Å². The number of carbonyl (C=O) groups excluding carboxylic acids is 1. The molecule has 5 heteroatoms. The lowest BCUT2D eigenvalue weighted by Gasteiger charge is -2.29. The molecule has 0 bridgehead atoms. The minimum atomic E-state index is -1.40. The first-order valence-corrected chi connectivity index (χ1v) is 7.06. The van der Waals surface area contributed by atoms with Crippen molar-refractivity contribution in [3.8, 4) is 0 Å². The van der Waals surface area contributed by atoms with Crippen LogP contribution in [0.3, 0.4) is 0 Å². The molecule has 19 heavy (non-hydrogen) atoms. The van der Waals surface area contributed by atoms with Gasteiger partial charge in [0.1, 0.15) is 0 Å². The van der Waals surface area contributed by atoms with E-state index in [4.69, 9.17) is 10.2 Å². The number of nitrogens with one attached hydrogen (secondary N) is 1. The highest BCUT2D eigenvalue weighted by molar-refractivity contribution is 5.83. The number of aliphatic carboxylic acids is 1. The van der Waals surface area contributed by atoms with Crippen LogP contribution in [0, 0.1) is 11.3 Å². The van der Waals surface area contributed by atoms with E-state index in [1.165, 1.54) is 0 Å². The summed E-state index contributed by atoms with van der Waals surface area (Å²) < 4.78 is 0. The number of hydrogen-bond donors (Lipinski definition) is 3.